The fourth-order valence-corrected chi connectivity index (χ4v) is 2.60. The maximum absolute atomic E-state index is 12.1. The minimum absolute atomic E-state index is 0.178. The first-order valence-electron chi connectivity index (χ1n) is 7.65. The number of hydrogen-bond donors (Lipinski definition) is 2. The van der Waals surface area contributed by atoms with Crippen LogP contribution in [0.25, 0.3) is 0 Å². The Morgan fingerprint density at radius 2 is 2.11 bits per heavy atom. The van der Waals surface area contributed by atoms with Crippen LogP contribution in [0, 0.1) is 11.8 Å². The number of nitrogens with two attached hydrogens (primary N) is 1. The lowest BCUT2D eigenvalue weighted by atomic mass is 9.79. The zero-order chi connectivity index (χ0) is 14.4. The number of carbonyl (C=O) groups is 1. The van der Waals surface area contributed by atoms with E-state index in [1.165, 1.54) is 0 Å². The Balaban J connectivity index is 2.18. The molecule has 19 heavy (non-hydrogen) atoms. The minimum Gasteiger partial charge on any atom is -0.356 e. The zero-order valence-electron chi connectivity index (χ0n) is 13.0. The van der Waals surface area contributed by atoms with Crippen molar-refractivity contribution in [2.24, 2.45) is 17.6 Å². The Hall–Kier alpha value is -0.610. The van der Waals surface area contributed by atoms with E-state index in [0.717, 1.165) is 38.8 Å². The molecule has 1 amide bonds. The molecule has 3 N–H and O–H groups in total. The molecule has 0 bridgehead atoms. The molecule has 3 unspecified atom stereocenters. The van der Waals surface area contributed by atoms with Crippen molar-refractivity contribution in [3.05, 3.63) is 0 Å². The Morgan fingerprint density at radius 1 is 1.42 bits per heavy atom. The fourth-order valence-electron chi connectivity index (χ4n) is 2.60. The summed E-state index contributed by atoms with van der Waals surface area (Å²) in [6, 6.07) is 0.847. The van der Waals surface area contributed by atoms with Crippen LogP contribution in [0.2, 0.25) is 0 Å². The molecule has 0 heterocycles. The first-order chi connectivity index (χ1) is 8.91. The van der Waals surface area contributed by atoms with E-state index in [-0.39, 0.29) is 17.9 Å². The highest BCUT2D eigenvalue weighted by atomic mass is 16.1. The van der Waals surface area contributed by atoms with Gasteiger partial charge in [0.05, 0.1) is 0 Å². The molecule has 112 valence electrons. The van der Waals surface area contributed by atoms with Crippen LogP contribution in [0.5, 0.6) is 0 Å². The summed E-state index contributed by atoms with van der Waals surface area (Å²) >= 11 is 0. The van der Waals surface area contributed by atoms with E-state index in [1.54, 1.807) is 0 Å². The quantitative estimate of drug-likeness (QED) is 0.720. The molecule has 1 rings (SSSR count). The van der Waals surface area contributed by atoms with E-state index in [9.17, 15) is 4.79 Å². The highest BCUT2D eigenvalue weighted by molar-refractivity contribution is 5.78. The molecule has 0 aromatic heterocycles. The third-order valence-corrected chi connectivity index (χ3v) is 4.47. The molecule has 1 saturated carbocycles. The molecule has 0 aromatic rings. The average molecular weight is 269 g/mol. The molecule has 0 saturated heterocycles. The van der Waals surface area contributed by atoms with E-state index in [2.05, 4.69) is 38.0 Å². The van der Waals surface area contributed by atoms with Crippen LogP contribution in [0.15, 0.2) is 0 Å². The summed E-state index contributed by atoms with van der Waals surface area (Å²) in [5.41, 5.74) is 5.99. The maximum atomic E-state index is 12.1. The highest BCUT2D eigenvalue weighted by Gasteiger charge is 2.29. The van der Waals surface area contributed by atoms with Crippen molar-refractivity contribution in [3.63, 3.8) is 0 Å². The van der Waals surface area contributed by atoms with Crippen molar-refractivity contribution in [1.82, 2.24) is 10.2 Å². The van der Waals surface area contributed by atoms with E-state index < -0.39 is 0 Å². The summed E-state index contributed by atoms with van der Waals surface area (Å²) in [6.07, 6.45) is 3.89. The molecule has 0 radical (unpaired) electrons. The molecule has 1 aliphatic rings. The molecule has 0 aromatic carbocycles. The van der Waals surface area contributed by atoms with Crippen LogP contribution in [-0.4, -0.2) is 43.0 Å². The van der Waals surface area contributed by atoms with Crippen molar-refractivity contribution in [2.75, 3.05) is 20.1 Å². The minimum atomic E-state index is 0.178. The van der Waals surface area contributed by atoms with Gasteiger partial charge in [0.2, 0.25) is 5.91 Å². The van der Waals surface area contributed by atoms with Gasteiger partial charge in [0.25, 0.3) is 0 Å². The SMILES string of the molecule is CC1CC(C(=O)NCCCN(C)C(C)C)CCC1N. The second-order valence-electron chi connectivity index (χ2n) is 6.37. The van der Waals surface area contributed by atoms with Crippen LogP contribution in [-0.2, 0) is 4.79 Å². The lowest BCUT2D eigenvalue weighted by Crippen LogP contribution is -2.41. The third kappa shape index (κ3) is 5.49. The van der Waals surface area contributed by atoms with Crippen LogP contribution in [0.4, 0.5) is 0 Å². The summed E-state index contributed by atoms with van der Waals surface area (Å²) in [7, 11) is 2.12. The second-order valence-corrected chi connectivity index (χ2v) is 6.37. The smallest absolute Gasteiger partial charge is 0.223 e. The van der Waals surface area contributed by atoms with Gasteiger partial charge in [-0.15, -0.1) is 0 Å². The van der Waals surface area contributed by atoms with Gasteiger partial charge in [0.15, 0.2) is 0 Å². The first kappa shape index (κ1) is 16.4. The van der Waals surface area contributed by atoms with Crippen molar-refractivity contribution in [1.29, 1.82) is 0 Å². The van der Waals surface area contributed by atoms with Gasteiger partial charge in [-0.25, -0.2) is 0 Å². The van der Waals surface area contributed by atoms with E-state index in [4.69, 9.17) is 5.73 Å². The maximum Gasteiger partial charge on any atom is 0.223 e. The fraction of sp³-hybridized carbons (Fsp3) is 0.933. The number of amides is 1. The molecule has 4 nitrogen and oxygen atoms in total. The van der Waals surface area contributed by atoms with Gasteiger partial charge < -0.3 is 16.0 Å². The van der Waals surface area contributed by atoms with Crippen LogP contribution in [0.1, 0.15) is 46.5 Å². The number of rotatable bonds is 6. The zero-order valence-corrected chi connectivity index (χ0v) is 13.0. The predicted molar refractivity (Wildman–Crippen MR) is 79.9 cm³/mol. The van der Waals surface area contributed by atoms with E-state index in [0.29, 0.717) is 12.0 Å². The van der Waals surface area contributed by atoms with Crippen molar-refractivity contribution in [3.8, 4) is 0 Å². The summed E-state index contributed by atoms with van der Waals surface area (Å²) in [6.45, 7) is 8.34. The largest absolute Gasteiger partial charge is 0.356 e. The summed E-state index contributed by atoms with van der Waals surface area (Å²) in [5.74, 6) is 0.875. The molecule has 0 spiro atoms. The standard InChI is InChI=1S/C15H31N3O/c1-11(2)18(4)9-5-8-17-15(19)13-6-7-14(16)12(3)10-13/h11-14H,5-10,16H2,1-4H3,(H,17,19). The lowest BCUT2D eigenvalue weighted by molar-refractivity contribution is -0.126. The van der Waals surface area contributed by atoms with Crippen LogP contribution >= 0.6 is 0 Å². The summed E-state index contributed by atoms with van der Waals surface area (Å²) < 4.78 is 0. The molecular formula is C15H31N3O. The molecule has 4 heteroatoms. The normalized spacial score (nSPS) is 27.8. The summed E-state index contributed by atoms with van der Waals surface area (Å²) in [5, 5.41) is 3.08. The van der Waals surface area contributed by atoms with Gasteiger partial charge in [-0.1, -0.05) is 6.92 Å². The van der Waals surface area contributed by atoms with Gasteiger partial charge in [-0.05, 0) is 59.0 Å². The summed E-state index contributed by atoms with van der Waals surface area (Å²) in [4.78, 5) is 14.4. The van der Waals surface area contributed by atoms with Crippen molar-refractivity contribution >= 4 is 5.91 Å². The number of nitrogens with one attached hydrogen (secondary N) is 1. The van der Waals surface area contributed by atoms with Gasteiger partial charge >= 0.3 is 0 Å². The van der Waals surface area contributed by atoms with Gasteiger partial charge in [-0.2, -0.15) is 0 Å². The van der Waals surface area contributed by atoms with Crippen molar-refractivity contribution in [2.45, 2.75) is 58.5 Å². The van der Waals surface area contributed by atoms with Gasteiger partial charge in [0.1, 0.15) is 0 Å². The first-order valence-corrected chi connectivity index (χ1v) is 7.65. The monoisotopic (exact) mass is 269 g/mol. The Bertz CT molecular complexity index is 281. The van der Waals surface area contributed by atoms with Gasteiger partial charge in [-0.3, -0.25) is 4.79 Å². The predicted octanol–water partition coefficient (Wildman–Crippen LogP) is 1.60. The molecule has 1 aliphatic carbocycles. The second kappa shape index (κ2) is 7.85. The van der Waals surface area contributed by atoms with Crippen LogP contribution < -0.4 is 11.1 Å². The van der Waals surface area contributed by atoms with Crippen LogP contribution in [0.3, 0.4) is 0 Å². The van der Waals surface area contributed by atoms with Crippen molar-refractivity contribution < 1.29 is 4.79 Å². The van der Waals surface area contributed by atoms with Gasteiger partial charge in [0, 0.05) is 24.5 Å². The number of nitrogens with zero attached hydrogens (tertiary/aromatic N) is 1. The Labute approximate surface area is 118 Å². The molecule has 3 atom stereocenters. The third-order valence-electron chi connectivity index (χ3n) is 4.47. The Kier molecular flexibility index (Phi) is 6.80. The Morgan fingerprint density at radius 3 is 2.68 bits per heavy atom. The lowest BCUT2D eigenvalue weighted by Gasteiger charge is -2.31. The average Bonchev–Trinajstić information content (AvgIpc) is 2.37. The molecule has 1 fully saturated rings. The number of carbonyl (C=O) groups excluding carboxylic acids is 1. The van der Waals surface area contributed by atoms with E-state index in [1.807, 2.05) is 0 Å². The van der Waals surface area contributed by atoms with E-state index >= 15 is 0 Å². The molecule has 0 aliphatic heterocycles. The topological polar surface area (TPSA) is 58.4 Å². The highest BCUT2D eigenvalue weighted by Crippen LogP contribution is 2.27. The number of hydrogen-bond acceptors (Lipinski definition) is 3. The molecular weight excluding hydrogens is 238 g/mol.